The average Bonchev–Trinajstić information content (AvgIpc) is 2.76. The molecule has 2 N–H and O–H groups in total. The normalized spacial score (nSPS) is 17.8. The summed E-state index contributed by atoms with van der Waals surface area (Å²) in [7, 11) is 2.88. The lowest BCUT2D eigenvalue weighted by Gasteiger charge is -2.28. The Kier molecular flexibility index (Phi) is 5.41. The van der Waals surface area contributed by atoms with E-state index >= 15 is 0 Å². The van der Waals surface area contributed by atoms with Crippen LogP contribution in [0.5, 0.6) is 11.5 Å². The summed E-state index contributed by atoms with van der Waals surface area (Å²) in [5.74, 6) is 0.0956. The lowest BCUT2D eigenvalue weighted by Crippen LogP contribution is -2.37. The molecule has 2 rings (SSSR count). The molecule has 116 valence electrons. The van der Waals surface area contributed by atoms with E-state index in [9.17, 15) is 9.90 Å². The van der Waals surface area contributed by atoms with E-state index in [4.69, 9.17) is 9.47 Å². The van der Waals surface area contributed by atoms with Gasteiger partial charge in [0, 0.05) is 19.6 Å². The summed E-state index contributed by atoms with van der Waals surface area (Å²) < 4.78 is 9.99. The molecule has 6 heteroatoms. The molecule has 6 nitrogen and oxygen atoms in total. The zero-order chi connectivity index (χ0) is 15.2. The number of rotatable bonds is 4. The highest BCUT2D eigenvalue weighted by Gasteiger charge is 2.29. The number of benzene rings is 1. The number of carbonyl (C=O) groups excluding carboxylic acids is 1. The molecule has 1 unspecified atom stereocenters. The molecular formula is C15H22N2O4. The van der Waals surface area contributed by atoms with Crippen molar-refractivity contribution >= 4 is 5.97 Å². The van der Waals surface area contributed by atoms with Crippen LogP contribution < -0.4 is 10.1 Å². The summed E-state index contributed by atoms with van der Waals surface area (Å²) in [5.41, 5.74) is 0.710. The maximum absolute atomic E-state index is 12.2. The van der Waals surface area contributed by atoms with Crippen LogP contribution in [0.1, 0.15) is 18.0 Å². The number of phenolic OH excluding ortho intramolecular Hbond substituents is 1. The molecule has 0 radical (unpaired) electrons. The number of carbonyl (C=O) groups is 1. The highest BCUT2D eigenvalue weighted by molar-refractivity contribution is 5.78. The van der Waals surface area contributed by atoms with Crippen LogP contribution in [0, 0.1) is 0 Å². The number of hydrogen-bond acceptors (Lipinski definition) is 6. The summed E-state index contributed by atoms with van der Waals surface area (Å²) in [4.78, 5) is 14.3. The van der Waals surface area contributed by atoms with Crippen molar-refractivity contribution in [2.75, 3.05) is 40.4 Å². The Labute approximate surface area is 124 Å². The predicted octanol–water partition coefficient (Wildman–Crippen LogP) is 0.910. The maximum atomic E-state index is 12.2. The fourth-order valence-electron chi connectivity index (χ4n) is 2.61. The Bertz CT molecular complexity index is 485. The Morgan fingerprint density at radius 1 is 1.33 bits per heavy atom. The number of nitrogens with one attached hydrogen (secondary N) is 1. The molecular weight excluding hydrogens is 272 g/mol. The van der Waals surface area contributed by atoms with Crippen LogP contribution in [-0.2, 0) is 9.53 Å². The van der Waals surface area contributed by atoms with Crippen molar-refractivity contribution in [2.45, 2.75) is 12.5 Å². The van der Waals surface area contributed by atoms with E-state index < -0.39 is 6.04 Å². The van der Waals surface area contributed by atoms with E-state index in [2.05, 4.69) is 10.2 Å². The van der Waals surface area contributed by atoms with Gasteiger partial charge in [-0.3, -0.25) is 4.90 Å². The van der Waals surface area contributed by atoms with Crippen molar-refractivity contribution in [2.24, 2.45) is 0 Å². The van der Waals surface area contributed by atoms with Gasteiger partial charge in [-0.25, -0.2) is 4.79 Å². The van der Waals surface area contributed by atoms with Crippen LogP contribution in [-0.4, -0.2) is 56.4 Å². The van der Waals surface area contributed by atoms with Gasteiger partial charge in [0.1, 0.15) is 6.04 Å². The number of phenols is 1. The van der Waals surface area contributed by atoms with E-state index in [0.717, 1.165) is 32.6 Å². The molecule has 1 saturated heterocycles. The summed E-state index contributed by atoms with van der Waals surface area (Å²) in [6.45, 7) is 3.33. The third-order valence-corrected chi connectivity index (χ3v) is 3.68. The lowest BCUT2D eigenvalue weighted by atomic mass is 10.0. The Balaban J connectivity index is 2.30. The minimum Gasteiger partial charge on any atom is -0.504 e. The number of hydrogen-bond donors (Lipinski definition) is 2. The highest BCUT2D eigenvalue weighted by Crippen LogP contribution is 2.31. The second-order valence-corrected chi connectivity index (χ2v) is 5.00. The summed E-state index contributed by atoms with van der Waals surface area (Å²) in [5, 5.41) is 13.2. The molecule has 0 bridgehead atoms. The first-order valence-electron chi connectivity index (χ1n) is 7.07. The van der Waals surface area contributed by atoms with Crippen LogP contribution >= 0.6 is 0 Å². The molecule has 0 aromatic heterocycles. The summed E-state index contributed by atoms with van der Waals surface area (Å²) >= 11 is 0. The Morgan fingerprint density at radius 2 is 2.14 bits per heavy atom. The molecule has 1 aliphatic rings. The van der Waals surface area contributed by atoms with Crippen molar-refractivity contribution in [1.29, 1.82) is 0 Å². The first-order chi connectivity index (χ1) is 10.2. The SMILES string of the molecule is COC(=O)C(c1ccc(OC)c(O)c1)N1CCCNCC1. The quantitative estimate of drug-likeness (QED) is 0.804. The number of ether oxygens (including phenoxy) is 2. The molecule has 1 aromatic carbocycles. The number of nitrogens with zero attached hydrogens (tertiary/aromatic N) is 1. The smallest absolute Gasteiger partial charge is 0.327 e. The van der Waals surface area contributed by atoms with Gasteiger partial charge in [0.15, 0.2) is 11.5 Å². The monoisotopic (exact) mass is 294 g/mol. The van der Waals surface area contributed by atoms with Gasteiger partial charge < -0.3 is 19.9 Å². The van der Waals surface area contributed by atoms with Crippen LogP contribution in [0.4, 0.5) is 0 Å². The Morgan fingerprint density at radius 3 is 2.81 bits per heavy atom. The van der Waals surface area contributed by atoms with E-state index in [-0.39, 0.29) is 11.7 Å². The first-order valence-corrected chi connectivity index (χ1v) is 7.07. The molecule has 1 aromatic rings. The topological polar surface area (TPSA) is 71.0 Å². The third kappa shape index (κ3) is 3.65. The van der Waals surface area contributed by atoms with Crippen LogP contribution in [0.15, 0.2) is 18.2 Å². The Hall–Kier alpha value is -1.79. The molecule has 0 aliphatic carbocycles. The van der Waals surface area contributed by atoms with Crippen molar-refractivity contribution in [3.63, 3.8) is 0 Å². The van der Waals surface area contributed by atoms with Gasteiger partial charge in [0.2, 0.25) is 0 Å². The molecule has 0 spiro atoms. The second kappa shape index (κ2) is 7.28. The molecule has 0 saturated carbocycles. The van der Waals surface area contributed by atoms with Crippen LogP contribution in [0.2, 0.25) is 0 Å². The van der Waals surface area contributed by atoms with Gasteiger partial charge in [-0.05, 0) is 30.7 Å². The highest BCUT2D eigenvalue weighted by atomic mass is 16.5. The van der Waals surface area contributed by atoms with Gasteiger partial charge in [0.25, 0.3) is 0 Å². The van der Waals surface area contributed by atoms with Crippen molar-refractivity contribution in [3.8, 4) is 11.5 Å². The number of aromatic hydroxyl groups is 1. The van der Waals surface area contributed by atoms with Gasteiger partial charge in [-0.1, -0.05) is 6.07 Å². The average molecular weight is 294 g/mol. The molecule has 21 heavy (non-hydrogen) atoms. The van der Waals surface area contributed by atoms with E-state index in [0.29, 0.717) is 11.3 Å². The fourth-order valence-corrected chi connectivity index (χ4v) is 2.61. The number of esters is 1. The van der Waals surface area contributed by atoms with Crippen LogP contribution in [0.3, 0.4) is 0 Å². The minimum absolute atomic E-state index is 0.0249. The maximum Gasteiger partial charge on any atom is 0.327 e. The van der Waals surface area contributed by atoms with Crippen LogP contribution in [0.25, 0.3) is 0 Å². The molecule has 1 atom stereocenters. The van der Waals surface area contributed by atoms with Gasteiger partial charge in [0.05, 0.1) is 14.2 Å². The molecule has 0 amide bonds. The third-order valence-electron chi connectivity index (χ3n) is 3.68. The van der Waals surface area contributed by atoms with E-state index in [1.807, 2.05) is 0 Å². The summed E-state index contributed by atoms with van der Waals surface area (Å²) in [6, 6.07) is 4.51. The minimum atomic E-state index is -0.508. The van der Waals surface area contributed by atoms with E-state index in [1.165, 1.54) is 14.2 Å². The molecule has 1 heterocycles. The first kappa shape index (κ1) is 15.6. The van der Waals surface area contributed by atoms with Crippen molar-refractivity contribution in [1.82, 2.24) is 10.2 Å². The zero-order valence-electron chi connectivity index (χ0n) is 12.5. The van der Waals surface area contributed by atoms with Crippen molar-refractivity contribution < 1.29 is 19.4 Å². The van der Waals surface area contributed by atoms with Gasteiger partial charge >= 0.3 is 5.97 Å². The number of methoxy groups -OCH3 is 2. The van der Waals surface area contributed by atoms with E-state index in [1.54, 1.807) is 18.2 Å². The zero-order valence-corrected chi connectivity index (χ0v) is 12.5. The largest absolute Gasteiger partial charge is 0.504 e. The second-order valence-electron chi connectivity index (χ2n) is 5.00. The fraction of sp³-hybridized carbons (Fsp3) is 0.533. The predicted molar refractivity (Wildman–Crippen MR) is 78.5 cm³/mol. The molecule has 1 fully saturated rings. The van der Waals surface area contributed by atoms with Crippen molar-refractivity contribution in [3.05, 3.63) is 23.8 Å². The summed E-state index contributed by atoms with van der Waals surface area (Å²) in [6.07, 6.45) is 0.968. The standard InChI is InChI=1S/C15H22N2O4/c1-20-13-5-4-11(10-12(13)18)14(15(19)21-2)17-8-3-6-16-7-9-17/h4-5,10,14,16,18H,3,6-9H2,1-2H3. The van der Waals surface area contributed by atoms with Gasteiger partial charge in [-0.15, -0.1) is 0 Å². The lowest BCUT2D eigenvalue weighted by molar-refractivity contribution is -0.147. The molecule has 1 aliphatic heterocycles. The van der Waals surface area contributed by atoms with Gasteiger partial charge in [-0.2, -0.15) is 0 Å².